The van der Waals surface area contributed by atoms with Crippen molar-refractivity contribution in [1.29, 1.82) is 0 Å². The van der Waals surface area contributed by atoms with Crippen LogP contribution < -0.4 is 10.5 Å². The SMILES string of the molecule is CC(N)C(Oc1ccccc1C(F)(F)F)C(C)(C)C. The van der Waals surface area contributed by atoms with Crippen LogP contribution in [0.1, 0.15) is 33.3 Å². The molecule has 1 rings (SSSR count). The Bertz CT molecular complexity index is 421. The van der Waals surface area contributed by atoms with Crippen LogP contribution in [-0.4, -0.2) is 12.1 Å². The van der Waals surface area contributed by atoms with E-state index in [9.17, 15) is 13.2 Å². The molecule has 0 amide bonds. The van der Waals surface area contributed by atoms with Gasteiger partial charge in [-0.3, -0.25) is 0 Å². The first-order valence-corrected chi connectivity index (χ1v) is 6.12. The maximum atomic E-state index is 12.9. The molecule has 5 heteroatoms. The Kier molecular flexibility index (Phi) is 4.50. The lowest BCUT2D eigenvalue weighted by Crippen LogP contribution is -2.45. The van der Waals surface area contributed by atoms with Crippen LogP contribution >= 0.6 is 0 Å². The molecule has 0 aliphatic heterocycles. The fourth-order valence-corrected chi connectivity index (χ4v) is 2.01. The van der Waals surface area contributed by atoms with Gasteiger partial charge < -0.3 is 10.5 Å². The van der Waals surface area contributed by atoms with Crippen LogP contribution in [0.15, 0.2) is 24.3 Å². The lowest BCUT2D eigenvalue weighted by Gasteiger charge is -2.34. The third kappa shape index (κ3) is 4.13. The number of hydrogen-bond donors (Lipinski definition) is 1. The molecule has 2 atom stereocenters. The fraction of sp³-hybridized carbons (Fsp3) is 0.571. The molecular formula is C14H20F3NO. The number of rotatable bonds is 3. The summed E-state index contributed by atoms with van der Waals surface area (Å²) in [5.41, 5.74) is 4.70. The molecule has 0 aliphatic rings. The Morgan fingerprint density at radius 3 is 2.05 bits per heavy atom. The molecule has 2 unspecified atom stereocenters. The molecule has 0 fully saturated rings. The van der Waals surface area contributed by atoms with Gasteiger partial charge >= 0.3 is 6.18 Å². The maximum Gasteiger partial charge on any atom is 0.419 e. The molecule has 0 saturated carbocycles. The second-order valence-corrected chi connectivity index (χ2v) is 5.76. The van der Waals surface area contributed by atoms with Gasteiger partial charge in [-0.1, -0.05) is 32.9 Å². The molecule has 1 aromatic rings. The highest BCUT2D eigenvalue weighted by atomic mass is 19.4. The summed E-state index contributed by atoms with van der Waals surface area (Å²) in [5.74, 6) is -0.174. The molecule has 0 aliphatic carbocycles. The quantitative estimate of drug-likeness (QED) is 0.909. The lowest BCUT2D eigenvalue weighted by molar-refractivity contribution is -0.139. The van der Waals surface area contributed by atoms with E-state index in [0.29, 0.717) is 0 Å². The van der Waals surface area contributed by atoms with Crippen molar-refractivity contribution in [3.8, 4) is 5.75 Å². The second-order valence-electron chi connectivity index (χ2n) is 5.76. The molecule has 2 nitrogen and oxygen atoms in total. The number of para-hydroxylation sites is 1. The summed E-state index contributed by atoms with van der Waals surface area (Å²) in [7, 11) is 0. The zero-order valence-electron chi connectivity index (χ0n) is 11.6. The minimum atomic E-state index is -4.43. The Hall–Kier alpha value is -1.23. The van der Waals surface area contributed by atoms with E-state index in [4.69, 9.17) is 10.5 Å². The van der Waals surface area contributed by atoms with Crippen LogP contribution in [0.4, 0.5) is 13.2 Å². The molecule has 19 heavy (non-hydrogen) atoms. The third-order valence-corrected chi connectivity index (χ3v) is 2.78. The average molecular weight is 275 g/mol. The van der Waals surface area contributed by atoms with Crippen LogP contribution in [0.2, 0.25) is 0 Å². The van der Waals surface area contributed by atoms with Crippen molar-refractivity contribution in [1.82, 2.24) is 0 Å². The molecule has 0 heterocycles. The summed E-state index contributed by atoms with van der Waals surface area (Å²) in [6.45, 7) is 7.39. The molecule has 0 bridgehead atoms. The molecule has 0 spiro atoms. The maximum absolute atomic E-state index is 12.9. The van der Waals surface area contributed by atoms with Gasteiger partial charge in [-0.25, -0.2) is 0 Å². The van der Waals surface area contributed by atoms with E-state index in [2.05, 4.69) is 0 Å². The summed E-state index contributed by atoms with van der Waals surface area (Å²) in [4.78, 5) is 0. The van der Waals surface area contributed by atoms with E-state index in [-0.39, 0.29) is 17.2 Å². The first-order valence-electron chi connectivity index (χ1n) is 6.12. The summed E-state index contributed by atoms with van der Waals surface area (Å²) in [5, 5.41) is 0. The largest absolute Gasteiger partial charge is 0.488 e. The van der Waals surface area contributed by atoms with E-state index in [1.54, 1.807) is 6.92 Å². The first kappa shape index (κ1) is 15.8. The van der Waals surface area contributed by atoms with Gasteiger partial charge in [-0.15, -0.1) is 0 Å². The highest BCUT2D eigenvalue weighted by Crippen LogP contribution is 2.38. The second kappa shape index (κ2) is 5.41. The normalized spacial score (nSPS) is 16.0. The van der Waals surface area contributed by atoms with E-state index in [0.717, 1.165) is 6.07 Å². The predicted molar refractivity (Wildman–Crippen MR) is 69.0 cm³/mol. The Balaban J connectivity index is 3.11. The topological polar surface area (TPSA) is 35.2 Å². The average Bonchev–Trinajstić information content (AvgIpc) is 2.23. The number of halogens is 3. The first-order chi connectivity index (χ1) is 8.53. The Morgan fingerprint density at radius 2 is 1.63 bits per heavy atom. The Labute approximate surface area is 111 Å². The van der Waals surface area contributed by atoms with Crippen molar-refractivity contribution in [2.24, 2.45) is 11.1 Å². The van der Waals surface area contributed by atoms with Crippen molar-refractivity contribution in [3.63, 3.8) is 0 Å². The standard InChI is InChI=1S/C14H20F3NO/c1-9(18)12(13(2,3)4)19-11-8-6-5-7-10(11)14(15,16)17/h5-9,12H,18H2,1-4H3. The minimum Gasteiger partial charge on any atom is -0.488 e. The molecule has 108 valence electrons. The molecule has 0 saturated heterocycles. The van der Waals surface area contributed by atoms with Gasteiger partial charge in [0.15, 0.2) is 0 Å². The van der Waals surface area contributed by atoms with Gasteiger partial charge in [0.2, 0.25) is 0 Å². The van der Waals surface area contributed by atoms with Crippen molar-refractivity contribution in [3.05, 3.63) is 29.8 Å². The number of nitrogens with two attached hydrogens (primary N) is 1. The summed E-state index contributed by atoms with van der Waals surface area (Å²) in [6.07, 6.45) is -4.94. The highest BCUT2D eigenvalue weighted by Gasteiger charge is 2.37. The zero-order valence-corrected chi connectivity index (χ0v) is 11.6. The zero-order chi connectivity index (χ0) is 14.8. The van der Waals surface area contributed by atoms with Crippen molar-refractivity contribution in [2.45, 2.75) is 46.0 Å². The van der Waals surface area contributed by atoms with Gasteiger partial charge in [-0.05, 0) is 19.1 Å². The molecule has 2 N–H and O–H groups in total. The number of alkyl halides is 3. The number of ether oxygens (including phenoxy) is 1. The van der Waals surface area contributed by atoms with Gasteiger partial charge in [-0.2, -0.15) is 13.2 Å². The lowest BCUT2D eigenvalue weighted by atomic mass is 9.85. The van der Waals surface area contributed by atoms with Gasteiger partial charge in [0.05, 0.1) is 5.56 Å². The fourth-order valence-electron chi connectivity index (χ4n) is 2.01. The van der Waals surface area contributed by atoms with Crippen molar-refractivity contribution >= 4 is 0 Å². The van der Waals surface area contributed by atoms with E-state index < -0.39 is 17.8 Å². The summed E-state index contributed by atoms with van der Waals surface area (Å²) < 4.78 is 44.2. The van der Waals surface area contributed by atoms with E-state index in [1.165, 1.54) is 18.2 Å². The Morgan fingerprint density at radius 1 is 1.11 bits per heavy atom. The van der Waals surface area contributed by atoms with Crippen LogP contribution in [0.3, 0.4) is 0 Å². The third-order valence-electron chi connectivity index (χ3n) is 2.78. The highest BCUT2D eigenvalue weighted by molar-refractivity contribution is 5.35. The summed E-state index contributed by atoms with van der Waals surface area (Å²) >= 11 is 0. The summed E-state index contributed by atoms with van der Waals surface area (Å²) in [6, 6.07) is 4.82. The molecule has 1 aromatic carbocycles. The molecule has 0 radical (unpaired) electrons. The van der Waals surface area contributed by atoms with Crippen LogP contribution in [0.25, 0.3) is 0 Å². The van der Waals surface area contributed by atoms with Crippen molar-refractivity contribution < 1.29 is 17.9 Å². The smallest absolute Gasteiger partial charge is 0.419 e. The predicted octanol–water partition coefficient (Wildman–Crippen LogP) is 3.85. The monoisotopic (exact) mass is 275 g/mol. The number of hydrogen-bond acceptors (Lipinski definition) is 2. The van der Waals surface area contributed by atoms with Gasteiger partial charge in [0, 0.05) is 11.5 Å². The van der Waals surface area contributed by atoms with E-state index >= 15 is 0 Å². The van der Waals surface area contributed by atoms with E-state index in [1.807, 2.05) is 20.8 Å². The minimum absolute atomic E-state index is 0.174. The van der Waals surface area contributed by atoms with Crippen LogP contribution in [0, 0.1) is 5.41 Å². The van der Waals surface area contributed by atoms with Gasteiger partial charge in [0.1, 0.15) is 11.9 Å². The number of benzene rings is 1. The van der Waals surface area contributed by atoms with Crippen LogP contribution in [-0.2, 0) is 6.18 Å². The molecule has 0 aromatic heterocycles. The molecular weight excluding hydrogens is 255 g/mol. The van der Waals surface area contributed by atoms with Crippen LogP contribution in [0.5, 0.6) is 5.75 Å². The van der Waals surface area contributed by atoms with Gasteiger partial charge in [0.25, 0.3) is 0 Å². The van der Waals surface area contributed by atoms with Crippen molar-refractivity contribution in [2.75, 3.05) is 0 Å².